The van der Waals surface area contributed by atoms with Crippen molar-refractivity contribution < 1.29 is 22.8 Å². The predicted octanol–water partition coefficient (Wildman–Crippen LogP) is 2.99. The van der Waals surface area contributed by atoms with Crippen LogP contribution in [-0.4, -0.2) is 43.2 Å². The number of carbonyl (C=O) groups excluding carboxylic acids is 1. The van der Waals surface area contributed by atoms with Gasteiger partial charge in [-0.05, 0) is 18.9 Å². The smallest absolute Gasteiger partial charge is 0.355 e. The SMILES string of the molecule is CON(C)C(=O)C1CCN(c2ncc(C(F)(F)F)cc2Cl)CC1. The van der Waals surface area contributed by atoms with Crippen LogP contribution in [0, 0.1) is 5.92 Å². The van der Waals surface area contributed by atoms with Crippen molar-refractivity contribution in [1.82, 2.24) is 10.0 Å². The topological polar surface area (TPSA) is 45.7 Å². The number of rotatable bonds is 3. The van der Waals surface area contributed by atoms with Crippen molar-refractivity contribution in [2.24, 2.45) is 5.92 Å². The van der Waals surface area contributed by atoms with Gasteiger partial charge in [0, 0.05) is 32.3 Å². The number of nitrogens with zero attached hydrogens (tertiary/aromatic N) is 3. The number of hydrogen-bond acceptors (Lipinski definition) is 4. The first-order valence-electron chi connectivity index (χ1n) is 7.03. The summed E-state index contributed by atoms with van der Waals surface area (Å²) in [5.41, 5.74) is -0.877. The second-order valence-corrected chi connectivity index (χ2v) is 5.71. The van der Waals surface area contributed by atoms with Crippen LogP contribution in [0.3, 0.4) is 0 Å². The average Bonchev–Trinajstić information content (AvgIpc) is 2.52. The Bertz CT molecular complexity index is 575. The molecule has 0 bridgehead atoms. The highest BCUT2D eigenvalue weighted by molar-refractivity contribution is 6.33. The number of aromatic nitrogens is 1. The monoisotopic (exact) mass is 351 g/mol. The lowest BCUT2D eigenvalue weighted by molar-refractivity contribution is -0.174. The normalized spacial score (nSPS) is 16.5. The molecule has 0 radical (unpaired) electrons. The van der Waals surface area contributed by atoms with Crippen LogP contribution < -0.4 is 4.90 Å². The van der Waals surface area contributed by atoms with Gasteiger partial charge < -0.3 is 4.90 Å². The van der Waals surface area contributed by atoms with Crippen LogP contribution in [0.1, 0.15) is 18.4 Å². The van der Waals surface area contributed by atoms with Crippen molar-refractivity contribution in [3.8, 4) is 0 Å². The summed E-state index contributed by atoms with van der Waals surface area (Å²) in [5, 5.41) is 1.14. The first-order valence-corrected chi connectivity index (χ1v) is 7.41. The van der Waals surface area contributed by atoms with Gasteiger partial charge in [0.2, 0.25) is 5.91 Å². The number of amides is 1. The fourth-order valence-electron chi connectivity index (χ4n) is 2.50. The molecule has 23 heavy (non-hydrogen) atoms. The van der Waals surface area contributed by atoms with Gasteiger partial charge in [0.25, 0.3) is 0 Å². The molecule has 0 aliphatic carbocycles. The van der Waals surface area contributed by atoms with Crippen molar-refractivity contribution in [1.29, 1.82) is 0 Å². The molecule has 1 aromatic heterocycles. The van der Waals surface area contributed by atoms with E-state index in [2.05, 4.69) is 4.98 Å². The van der Waals surface area contributed by atoms with E-state index >= 15 is 0 Å². The van der Waals surface area contributed by atoms with Crippen LogP contribution >= 0.6 is 11.6 Å². The number of hydroxylamine groups is 2. The lowest BCUT2D eigenvalue weighted by Gasteiger charge is -2.33. The van der Waals surface area contributed by atoms with Gasteiger partial charge in [0.05, 0.1) is 17.7 Å². The molecule has 5 nitrogen and oxygen atoms in total. The van der Waals surface area contributed by atoms with E-state index in [4.69, 9.17) is 16.4 Å². The summed E-state index contributed by atoms with van der Waals surface area (Å²) in [6, 6.07) is 0.875. The summed E-state index contributed by atoms with van der Waals surface area (Å²) in [6.07, 6.45) is -2.58. The van der Waals surface area contributed by atoms with Gasteiger partial charge in [-0.2, -0.15) is 13.2 Å². The lowest BCUT2D eigenvalue weighted by Crippen LogP contribution is -2.41. The number of piperidine rings is 1. The molecule has 1 aromatic rings. The second kappa shape index (κ2) is 6.92. The maximum absolute atomic E-state index is 12.6. The Hall–Kier alpha value is -1.54. The molecule has 1 aliphatic heterocycles. The molecule has 128 valence electrons. The van der Waals surface area contributed by atoms with Crippen LogP contribution in [0.25, 0.3) is 0 Å². The summed E-state index contributed by atoms with van der Waals surface area (Å²) >= 11 is 5.94. The summed E-state index contributed by atoms with van der Waals surface area (Å²) in [7, 11) is 2.96. The fraction of sp³-hybridized carbons (Fsp3) is 0.571. The maximum Gasteiger partial charge on any atom is 0.417 e. The molecule has 2 heterocycles. The Balaban J connectivity index is 2.05. The van der Waals surface area contributed by atoms with Crippen molar-refractivity contribution in [3.05, 3.63) is 22.8 Å². The van der Waals surface area contributed by atoms with Gasteiger partial charge in [-0.1, -0.05) is 11.6 Å². The average molecular weight is 352 g/mol. The number of halogens is 4. The summed E-state index contributed by atoms with van der Waals surface area (Å²) in [5.74, 6) is 0.0220. The summed E-state index contributed by atoms with van der Waals surface area (Å²) < 4.78 is 37.9. The predicted molar refractivity (Wildman–Crippen MR) is 79.0 cm³/mol. The Kier molecular flexibility index (Phi) is 5.36. The van der Waals surface area contributed by atoms with E-state index in [1.54, 1.807) is 11.9 Å². The van der Waals surface area contributed by atoms with Crippen LogP contribution in [0.15, 0.2) is 12.3 Å². The molecule has 1 saturated heterocycles. The molecular weight excluding hydrogens is 335 g/mol. The van der Waals surface area contributed by atoms with E-state index in [-0.39, 0.29) is 16.8 Å². The van der Waals surface area contributed by atoms with Crippen molar-refractivity contribution >= 4 is 23.3 Å². The first-order chi connectivity index (χ1) is 10.7. The van der Waals surface area contributed by atoms with E-state index in [9.17, 15) is 18.0 Å². The van der Waals surface area contributed by atoms with Gasteiger partial charge in [0.15, 0.2) is 0 Å². The highest BCUT2D eigenvalue weighted by Crippen LogP contribution is 2.34. The molecule has 0 saturated carbocycles. The van der Waals surface area contributed by atoms with Crippen molar-refractivity contribution in [2.45, 2.75) is 19.0 Å². The molecule has 0 unspecified atom stereocenters. The zero-order valence-electron chi connectivity index (χ0n) is 12.7. The third-order valence-corrected chi connectivity index (χ3v) is 4.16. The largest absolute Gasteiger partial charge is 0.417 e. The highest BCUT2D eigenvalue weighted by Gasteiger charge is 2.33. The second-order valence-electron chi connectivity index (χ2n) is 5.31. The standard InChI is InChI=1S/C14H17ClF3N3O2/c1-20(23-2)13(22)9-3-5-21(6-4-9)12-11(15)7-10(8-19-12)14(16,17)18/h7-9H,3-6H2,1-2H3. The molecule has 2 rings (SSSR count). The number of alkyl halides is 3. The van der Waals surface area contributed by atoms with Gasteiger partial charge in [0.1, 0.15) is 5.82 Å². The van der Waals surface area contributed by atoms with E-state index in [1.165, 1.54) is 12.2 Å². The van der Waals surface area contributed by atoms with E-state index in [0.717, 1.165) is 12.3 Å². The third kappa shape index (κ3) is 4.06. The van der Waals surface area contributed by atoms with E-state index in [0.29, 0.717) is 31.7 Å². The fourth-order valence-corrected chi connectivity index (χ4v) is 2.79. The molecule has 1 amide bonds. The zero-order valence-corrected chi connectivity index (χ0v) is 13.5. The minimum absolute atomic E-state index is 0.0430. The Morgan fingerprint density at radius 2 is 2.04 bits per heavy atom. The number of carbonyl (C=O) groups is 1. The van der Waals surface area contributed by atoms with Gasteiger partial charge in [-0.15, -0.1) is 0 Å². The summed E-state index contributed by atoms with van der Waals surface area (Å²) in [6.45, 7) is 0.984. The molecule has 1 aliphatic rings. The Morgan fingerprint density at radius 3 is 2.52 bits per heavy atom. The maximum atomic E-state index is 12.6. The molecule has 0 aromatic carbocycles. The Morgan fingerprint density at radius 1 is 1.43 bits per heavy atom. The van der Waals surface area contributed by atoms with E-state index < -0.39 is 11.7 Å². The molecule has 9 heteroatoms. The number of anilines is 1. The Labute approximate surface area is 136 Å². The number of hydrogen-bond donors (Lipinski definition) is 0. The first kappa shape index (κ1) is 17.8. The minimum Gasteiger partial charge on any atom is -0.355 e. The zero-order chi connectivity index (χ0) is 17.2. The van der Waals surface area contributed by atoms with Gasteiger partial charge in [-0.3, -0.25) is 9.63 Å². The van der Waals surface area contributed by atoms with Gasteiger partial charge >= 0.3 is 6.18 Å². The molecular formula is C14H17ClF3N3O2. The van der Waals surface area contributed by atoms with Crippen LogP contribution in [0.5, 0.6) is 0 Å². The van der Waals surface area contributed by atoms with Crippen LogP contribution in [0.4, 0.5) is 19.0 Å². The number of pyridine rings is 1. The summed E-state index contributed by atoms with van der Waals surface area (Å²) in [4.78, 5) is 22.5. The van der Waals surface area contributed by atoms with Crippen molar-refractivity contribution in [3.63, 3.8) is 0 Å². The molecule has 0 N–H and O–H groups in total. The van der Waals surface area contributed by atoms with E-state index in [1.807, 2.05) is 0 Å². The molecule has 0 atom stereocenters. The quantitative estimate of drug-likeness (QED) is 0.785. The molecule has 0 spiro atoms. The van der Waals surface area contributed by atoms with Crippen LogP contribution in [-0.2, 0) is 15.8 Å². The van der Waals surface area contributed by atoms with Gasteiger partial charge in [-0.25, -0.2) is 10.0 Å². The minimum atomic E-state index is -4.47. The third-order valence-electron chi connectivity index (χ3n) is 3.88. The highest BCUT2D eigenvalue weighted by atomic mass is 35.5. The lowest BCUT2D eigenvalue weighted by atomic mass is 9.96. The molecule has 1 fully saturated rings. The van der Waals surface area contributed by atoms with Crippen molar-refractivity contribution in [2.75, 3.05) is 32.1 Å². The van der Waals surface area contributed by atoms with Crippen LogP contribution in [0.2, 0.25) is 5.02 Å².